The van der Waals surface area contributed by atoms with Crippen LogP contribution in [0.25, 0.3) is 0 Å². The molecule has 104 valence electrons. The first-order valence-electron chi connectivity index (χ1n) is 6.60. The third-order valence-electron chi connectivity index (χ3n) is 3.86. The maximum absolute atomic E-state index is 12.7. The Hall–Kier alpha value is -1.39. The third-order valence-corrected chi connectivity index (χ3v) is 4.97. The normalized spacial score (nSPS) is 16.5. The van der Waals surface area contributed by atoms with Crippen molar-refractivity contribution in [3.05, 3.63) is 45.9 Å². The van der Waals surface area contributed by atoms with E-state index < -0.39 is 5.41 Å². The minimum Gasteiger partial charge on any atom is -0.301 e. The van der Waals surface area contributed by atoms with Gasteiger partial charge in [0.05, 0.1) is 11.1 Å². The molecule has 1 amide bonds. The summed E-state index contributed by atoms with van der Waals surface area (Å²) in [6.45, 7) is 1.92. The summed E-state index contributed by atoms with van der Waals surface area (Å²) in [7, 11) is 0. The van der Waals surface area contributed by atoms with Crippen LogP contribution in [-0.4, -0.2) is 10.9 Å². The average molecular weight is 307 g/mol. The highest BCUT2D eigenvalue weighted by Gasteiger charge is 2.45. The summed E-state index contributed by atoms with van der Waals surface area (Å²) in [5, 5.41) is 6.22. The van der Waals surface area contributed by atoms with Gasteiger partial charge in [0.1, 0.15) is 0 Å². The third kappa shape index (κ3) is 2.34. The lowest BCUT2D eigenvalue weighted by Gasteiger charge is -2.40. The Morgan fingerprint density at radius 3 is 2.80 bits per heavy atom. The maximum atomic E-state index is 12.7. The van der Waals surface area contributed by atoms with E-state index in [-0.39, 0.29) is 5.91 Å². The van der Waals surface area contributed by atoms with E-state index in [1.807, 2.05) is 36.6 Å². The Bertz CT molecular complexity index is 649. The SMILES string of the molecule is Cc1csc(NC(=O)C2(c3cccc(Cl)c3)CCC2)n1. The second-order valence-electron chi connectivity index (χ2n) is 5.19. The average Bonchev–Trinajstić information content (AvgIpc) is 2.73. The number of hydrogen-bond acceptors (Lipinski definition) is 3. The molecule has 1 N–H and O–H groups in total. The minimum atomic E-state index is -0.440. The molecular weight excluding hydrogens is 292 g/mol. The van der Waals surface area contributed by atoms with Crippen LogP contribution in [0, 0.1) is 6.92 Å². The molecule has 1 aliphatic rings. The van der Waals surface area contributed by atoms with Crippen LogP contribution in [0.5, 0.6) is 0 Å². The van der Waals surface area contributed by atoms with Gasteiger partial charge in [-0.25, -0.2) is 4.98 Å². The number of aryl methyl sites for hydroxylation is 1. The van der Waals surface area contributed by atoms with Crippen LogP contribution >= 0.6 is 22.9 Å². The number of anilines is 1. The van der Waals surface area contributed by atoms with Crippen molar-refractivity contribution in [2.24, 2.45) is 0 Å². The summed E-state index contributed by atoms with van der Waals surface area (Å²) in [6.07, 6.45) is 2.80. The first kappa shape index (κ1) is 13.6. The second-order valence-corrected chi connectivity index (χ2v) is 6.49. The lowest BCUT2D eigenvalue weighted by atomic mass is 9.64. The number of carbonyl (C=O) groups excluding carboxylic acids is 1. The van der Waals surface area contributed by atoms with Crippen molar-refractivity contribution in [2.45, 2.75) is 31.6 Å². The van der Waals surface area contributed by atoms with E-state index in [1.165, 1.54) is 11.3 Å². The number of thiazole rings is 1. The van der Waals surface area contributed by atoms with Crippen molar-refractivity contribution in [3.63, 3.8) is 0 Å². The summed E-state index contributed by atoms with van der Waals surface area (Å²) in [5.41, 5.74) is 1.49. The van der Waals surface area contributed by atoms with E-state index in [1.54, 1.807) is 0 Å². The quantitative estimate of drug-likeness (QED) is 0.925. The van der Waals surface area contributed by atoms with E-state index in [0.29, 0.717) is 10.2 Å². The van der Waals surface area contributed by atoms with Crippen LogP contribution in [-0.2, 0) is 10.2 Å². The lowest BCUT2D eigenvalue weighted by Crippen LogP contribution is -2.46. The van der Waals surface area contributed by atoms with Crippen LogP contribution < -0.4 is 5.32 Å². The predicted molar refractivity (Wildman–Crippen MR) is 82.5 cm³/mol. The molecule has 1 aliphatic carbocycles. The topological polar surface area (TPSA) is 42.0 Å². The molecule has 1 fully saturated rings. The van der Waals surface area contributed by atoms with Crippen molar-refractivity contribution in [1.82, 2.24) is 4.98 Å². The molecule has 1 aromatic heterocycles. The Morgan fingerprint density at radius 1 is 1.45 bits per heavy atom. The molecule has 0 aliphatic heterocycles. The van der Waals surface area contributed by atoms with E-state index >= 15 is 0 Å². The number of nitrogens with one attached hydrogen (secondary N) is 1. The molecule has 3 nitrogen and oxygen atoms in total. The van der Waals surface area contributed by atoms with Crippen molar-refractivity contribution in [3.8, 4) is 0 Å². The Balaban J connectivity index is 1.87. The smallest absolute Gasteiger partial charge is 0.236 e. The molecule has 0 spiro atoms. The fourth-order valence-corrected chi connectivity index (χ4v) is 3.46. The van der Waals surface area contributed by atoms with Crippen molar-refractivity contribution < 1.29 is 4.79 Å². The zero-order chi connectivity index (χ0) is 14.2. The van der Waals surface area contributed by atoms with Crippen LogP contribution in [0.15, 0.2) is 29.6 Å². The number of nitrogens with zero attached hydrogens (tertiary/aromatic N) is 1. The molecule has 0 unspecified atom stereocenters. The molecule has 1 aromatic carbocycles. The molecule has 3 rings (SSSR count). The van der Waals surface area contributed by atoms with E-state index in [9.17, 15) is 4.79 Å². The monoisotopic (exact) mass is 306 g/mol. The fourth-order valence-electron chi connectivity index (χ4n) is 2.59. The summed E-state index contributed by atoms with van der Waals surface area (Å²) in [6, 6.07) is 7.61. The van der Waals surface area contributed by atoms with Gasteiger partial charge in [0.2, 0.25) is 5.91 Å². The Kier molecular flexibility index (Phi) is 3.52. The summed E-state index contributed by atoms with van der Waals surface area (Å²) in [5.74, 6) is 0.0281. The van der Waals surface area contributed by atoms with Crippen LogP contribution in [0.2, 0.25) is 5.02 Å². The highest BCUT2D eigenvalue weighted by molar-refractivity contribution is 7.13. The Labute approximate surface area is 127 Å². The number of hydrogen-bond donors (Lipinski definition) is 1. The molecular formula is C15H15ClN2OS. The van der Waals surface area contributed by atoms with Gasteiger partial charge in [-0.1, -0.05) is 30.2 Å². The first-order chi connectivity index (χ1) is 9.60. The zero-order valence-electron chi connectivity index (χ0n) is 11.1. The van der Waals surface area contributed by atoms with Gasteiger partial charge in [0.15, 0.2) is 5.13 Å². The van der Waals surface area contributed by atoms with Crippen molar-refractivity contribution in [2.75, 3.05) is 5.32 Å². The van der Waals surface area contributed by atoms with Crippen molar-refractivity contribution in [1.29, 1.82) is 0 Å². The molecule has 0 atom stereocenters. The standard InChI is InChI=1S/C15H15ClN2OS/c1-10-9-20-14(17-10)18-13(19)15(6-3-7-15)11-4-2-5-12(16)8-11/h2,4-5,8-9H,3,6-7H2,1H3,(H,17,18,19). The predicted octanol–water partition coefficient (Wildman–Crippen LogP) is 4.17. The lowest BCUT2D eigenvalue weighted by molar-refractivity contribution is -0.124. The molecule has 0 bridgehead atoms. The summed E-state index contributed by atoms with van der Waals surface area (Å²) >= 11 is 7.52. The number of aromatic nitrogens is 1. The van der Waals surface area contributed by atoms with Gasteiger partial charge >= 0.3 is 0 Å². The molecule has 0 saturated heterocycles. The minimum absolute atomic E-state index is 0.0281. The highest BCUT2D eigenvalue weighted by Crippen LogP contribution is 2.45. The highest BCUT2D eigenvalue weighted by atomic mass is 35.5. The molecule has 1 saturated carbocycles. The fraction of sp³-hybridized carbons (Fsp3) is 0.333. The molecule has 20 heavy (non-hydrogen) atoms. The maximum Gasteiger partial charge on any atom is 0.236 e. The molecule has 1 heterocycles. The van der Waals surface area contributed by atoms with Gasteiger partial charge in [-0.15, -0.1) is 11.3 Å². The largest absolute Gasteiger partial charge is 0.301 e. The van der Waals surface area contributed by atoms with Gasteiger partial charge in [-0.05, 0) is 37.5 Å². The van der Waals surface area contributed by atoms with Crippen LogP contribution in [0.3, 0.4) is 0 Å². The second kappa shape index (κ2) is 5.19. The van der Waals surface area contributed by atoms with Crippen molar-refractivity contribution >= 4 is 34.0 Å². The Morgan fingerprint density at radius 2 is 2.25 bits per heavy atom. The van der Waals surface area contributed by atoms with Gasteiger partial charge < -0.3 is 5.32 Å². The molecule has 0 radical (unpaired) electrons. The number of rotatable bonds is 3. The number of halogens is 1. The number of carbonyl (C=O) groups is 1. The van der Waals surface area contributed by atoms with E-state index in [0.717, 1.165) is 30.5 Å². The van der Waals surface area contributed by atoms with Crippen LogP contribution in [0.1, 0.15) is 30.5 Å². The zero-order valence-corrected chi connectivity index (χ0v) is 12.7. The molecule has 2 aromatic rings. The summed E-state index contributed by atoms with van der Waals surface area (Å²) in [4.78, 5) is 16.9. The van der Waals surface area contributed by atoms with Crippen LogP contribution in [0.4, 0.5) is 5.13 Å². The molecule has 5 heteroatoms. The van der Waals surface area contributed by atoms with Gasteiger partial charge in [-0.3, -0.25) is 4.79 Å². The van der Waals surface area contributed by atoms with Gasteiger partial charge in [-0.2, -0.15) is 0 Å². The first-order valence-corrected chi connectivity index (χ1v) is 7.85. The summed E-state index contributed by atoms with van der Waals surface area (Å²) < 4.78 is 0. The number of benzene rings is 1. The number of amides is 1. The van der Waals surface area contributed by atoms with E-state index in [4.69, 9.17) is 11.6 Å². The van der Waals surface area contributed by atoms with E-state index in [2.05, 4.69) is 10.3 Å². The van der Waals surface area contributed by atoms with Gasteiger partial charge in [0, 0.05) is 10.4 Å². The van der Waals surface area contributed by atoms with Gasteiger partial charge in [0.25, 0.3) is 0 Å².